The topological polar surface area (TPSA) is 79.1 Å². The van der Waals surface area contributed by atoms with E-state index >= 15 is 0 Å². The maximum Gasteiger partial charge on any atom is 0.287 e. The summed E-state index contributed by atoms with van der Waals surface area (Å²) in [7, 11) is 0. The van der Waals surface area contributed by atoms with E-state index < -0.39 is 0 Å². The van der Waals surface area contributed by atoms with Crippen LogP contribution in [0.2, 0.25) is 0 Å². The lowest BCUT2D eigenvalue weighted by molar-refractivity contribution is -0.00832. The highest BCUT2D eigenvalue weighted by atomic mass is 16.5. The number of ether oxygens (including phenoxy) is 1. The van der Waals surface area contributed by atoms with Crippen LogP contribution in [0.3, 0.4) is 0 Å². The fraction of sp³-hybridized carbons (Fsp3) is 0.429. The average molecular weight is 384 g/mol. The molecule has 0 saturated carbocycles. The van der Waals surface area contributed by atoms with Crippen molar-refractivity contribution in [1.29, 1.82) is 0 Å². The van der Waals surface area contributed by atoms with Gasteiger partial charge in [-0.05, 0) is 37.1 Å². The molecule has 1 aromatic carbocycles. The number of aryl methyl sites for hydroxylation is 1. The zero-order valence-corrected chi connectivity index (χ0v) is 16.5. The molecule has 7 heteroatoms. The van der Waals surface area contributed by atoms with Crippen LogP contribution in [0.4, 0.5) is 0 Å². The Morgan fingerprint density at radius 2 is 2.11 bits per heavy atom. The van der Waals surface area contributed by atoms with Gasteiger partial charge in [0.05, 0.1) is 26.0 Å². The Labute approximate surface area is 165 Å². The number of nitrogens with one attached hydrogen (secondary N) is 2. The van der Waals surface area contributed by atoms with Crippen molar-refractivity contribution in [3.8, 4) is 0 Å². The minimum Gasteiger partial charge on any atom is -0.459 e. The monoisotopic (exact) mass is 384 g/mol. The van der Waals surface area contributed by atoms with Gasteiger partial charge < -0.3 is 24.7 Å². The molecule has 2 heterocycles. The second-order valence-corrected chi connectivity index (χ2v) is 6.63. The zero-order valence-electron chi connectivity index (χ0n) is 16.5. The fourth-order valence-corrected chi connectivity index (χ4v) is 3.23. The van der Waals surface area contributed by atoms with Crippen molar-refractivity contribution in [2.45, 2.75) is 20.0 Å². The number of morpholine rings is 1. The summed E-state index contributed by atoms with van der Waals surface area (Å²) >= 11 is 0. The molecule has 3 rings (SSSR count). The molecule has 2 aromatic rings. The van der Waals surface area contributed by atoms with Gasteiger partial charge in [-0.25, -0.2) is 0 Å². The van der Waals surface area contributed by atoms with E-state index in [-0.39, 0.29) is 12.0 Å². The minimum atomic E-state index is -0.226. The molecular weight excluding hydrogens is 356 g/mol. The number of hydrogen-bond acceptors (Lipinski definition) is 4. The summed E-state index contributed by atoms with van der Waals surface area (Å²) in [5, 5.41) is 6.16. The predicted molar refractivity (Wildman–Crippen MR) is 108 cm³/mol. The standard InChI is InChI=1S/C21H28N4O3/c1-3-22-21(24-11-10-23-20(26)18-9-6-13-27-18)25-12-14-28-19(15-25)17-8-5-4-7-16(17)2/h4-9,13,19H,3,10-12,14-15H2,1-2H3,(H,22,24)(H,23,26). The Balaban J connectivity index is 1.58. The molecule has 28 heavy (non-hydrogen) atoms. The molecule has 1 saturated heterocycles. The van der Waals surface area contributed by atoms with Crippen molar-refractivity contribution in [3.63, 3.8) is 0 Å². The first-order chi connectivity index (χ1) is 13.7. The number of benzene rings is 1. The number of aliphatic imine (C=N–C) groups is 1. The van der Waals surface area contributed by atoms with Crippen molar-refractivity contribution >= 4 is 11.9 Å². The molecule has 0 aliphatic carbocycles. The Kier molecular flexibility index (Phi) is 7.08. The lowest BCUT2D eigenvalue weighted by Crippen LogP contribution is -2.48. The summed E-state index contributed by atoms with van der Waals surface area (Å²) < 4.78 is 11.1. The van der Waals surface area contributed by atoms with Crippen LogP contribution < -0.4 is 10.6 Å². The van der Waals surface area contributed by atoms with Crippen molar-refractivity contribution in [2.24, 2.45) is 4.99 Å². The second kappa shape index (κ2) is 9.94. The van der Waals surface area contributed by atoms with Crippen LogP contribution in [0.5, 0.6) is 0 Å². The summed E-state index contributed by atoms with van der Waals surface area (Å²) in [5.74, 6) is 0.929. The van der Waals surface area contributed by atoms with E-state index in [1.807, 2.05) is 19.1 Å². The van der Waals surface area contributed by atoms with Crippen LogP contribution in [0.1, 0.15) is 34.7 Å². The molecule has 7 nitrogen and oxygen atoms in total. The first-order valence-corrected chi connectivity index (χ1v) is 9.71. The molecule has 1 unspecified atom stereocenters. The molecule has 1 fully saturated rings. The van der Waals surface area contributed by atoms with Crippen LogP contribution in [0.15, 0.2) is 52.1 Å². The zero-order chi connectivity index (χ0) is 19.8. The van der Waals surface area contributed by atoms with Crippen molar-refractivity contribution in [1.82, 2.24) is 15.5 Å². The molecule has 0 spiro atoms. The molecule has 1 aliphatic heterocycles. The van der Waals surface area contributed by atoms with E-state index in [2.05, 4.69) is 39.6 Å². The van der Waals surface area contributed by atoms with Gasteiger partial charge in [-0.15, -0.1) is 0 Å². The summed E-state index contributed by atoms with van der Waals surface area (Å²) in [5.41, 5.74) is 2.45. The largest absolute Gasteiger partial charge is 0.459 e. The first kappa shape index (κ1) is 19.9. The normalized spacial score (nSPS) is 17.4. The number of carbonyl (C=O) groups is 1. The number of hydrogen-bond donors (Lipinski definition) is 2. The van der Waals surface area contributed by atoms with E-state index in [9.17, 15) is 4.79 Å². The highest BCUT2D eigenvalue weighted by Crippen LogP contribution is 2.24. The van der Waals surface area contributed by atoms with Gasteiger partial charge in [0.15, 0.2) is 11.7 Å². The van der Waals surface area contributed by atoms with Gasteiger partial charge in [-0.3, -0.25) is 9.79 Å². The van der Waals surface area contributed by atoms with Gasteiger partial charge in [-0.1, -0.05) is 24.3 Å². The summed E-state index contributed by atoms with van der Waals surface area (Å²) in [6.45, 7) is 8.05. The molecule has 1 aliphatic rings. The summed E-state index contributed by atoms with van der Waals surface area (Å²) in [6.07, 6.45) is 1.51. The van der Waals surface area contributed by atoms with Crippen LogP contribution in [-0.4, -0.2) is 56.1 Å². The van der Waals surface area contributed by atoms with Crippen molar-refractivity contribution in [3.05, 3.63) is 59.5 Å². The predicted octanol–water partition coefficient (Wildman–Crippen LogP) is 2.36. The van der Waals surface area contributed by atoms with Gasteiger partial charge in [0.25, 0.3) is 5.91 Å². The van der Waals surface area contributed by atoms with E-state index in [1.54, 1.807) is 12.1 Å². The van der Waals surface area contributed by atoms with E-state index in [0.29, 0.717) is 25.5 Å². The molecule has 0 bridgehead atoms. The third-order valence-electron chi connectivity index (χ3n) is 4.64. The van der Waals surface area contributed by atoms with Crippen molar-refractivity contribution < 1.29 is 13.9 Å². The van der Waals surface area contributed by atoms with Crippen LogP contribution >= 0.6 is 0 Å². The maximum absolute atomic E-state index is 11.9. The second-order valence-electron chi connectivity index (χ2n) is 6.63. The highest BCUT2D eigenvalue weighted by Gasteiger charge is 2.25. The smallest absolute Gasteiger partial charge is 0.287 e. The van der Waals surface area contributed by atoms with Gasteiger partial charge in [0.2, 0.25) is 0 Å². The molecule has 1 aromatic heterocycles. The fourth-order valence-electron chi connectivity index (χ4n) is 3.23. The van der Waals surface area contributed by atoms with Gasteiger partial charge >= 0.3 is 0 Å². The molecule has 0 radical (unpaired) electrons. The summed E-state index contributed by atoms with van der Waals surface area (Å²) in [4.78, 5) is 18.8. The SMILES string of the molecule is CCNC(=NCCNC(=O)c1ccco1)N1CCOC(c2ccccc2C)C1. The highest BCUT2D eigenvalue weighted by molar-refractivity contribution is 5.91. The van der Waals surface area contributed by atoms with E-state index in [0.717, 1.165) is 25.6 Å². The number of rotatable bonds is 6. The number of amides is 1. The Morgan fingerprint density at radius 1 is 1.25 bits per heavy atom. The molecule has 1 atom stereocenters. The number of carbonyl (C=O) groups excluding carboxylic acids is 1. The number of furan rings is 1. The molecular formula is C21H28N4O3. The van der Waals surface area contributed by atoms with Crippen LogP contribution in [0.25, 0.3) is 0 Å². The van der Waals surface area contributed by atoms with Crippen LogP contribution in [0, 0.1) is 6.92 Å². The van der Waals surface area contributed by atoms with Gasteiger partial charge in [0.1, 0.15) is 6.10 Å². The quantitative estimate of drug-likeness (QED) is 0.454. The van der Waals surface area contributed by atoms with E-state index in [1.165, 1.54) is 17.4 Å². The number of guanidine groups is 1. The molecule has 150 valence electrons. The molecule has 1 amide bonds. The average Bonchev–Trinajstić information content (AvgIpc) is 3.25. The lowest BCUT2D eigenvalue weighted by Gasteiger charge is -2.35. The molecule has 2 N–H and O–H groups in total. The van der Waals surface area contributed by atoms with Gasteiger partial charge in [0, 0.05) is 19.6 Å². The van der Waals surface area contributed by atoms with Crippen molar-refractivity contribution in [2.75, 3.05) is 39.3 Å². The summed E-state index contributed by atoms with van der Waals surface area (Å²) in [6, 6.07) is 11.7. The lowest BCUT2D eigenvalue weighted by atomic mass is 10.0. The Bertz CT molecular complexity index is 789. The third-order valence-corrected chi connectivity index (χ3v) is 4.64. The minimum absolute atomic E-state index is 0.0254. The Morgan fingerprint density at radius 3 is 2.86 bits per heavy atom. The van der Waals surface area contributed by atoms with E-state index in [4.69, 9.17) is 9.15 Å². The maximum atomic E-state index is 11.9. The van der Waals surface area contributed by atoms with Gasteiger partial charge in [-0.2, -0.15) is 0 Å². The number of nitrogens with zero attached hydrogens (tertiary/aromatic N) is 2. The van der Waals surface area contributed by atoms with Crippen LogP contribution in [-0.2, 0) is 4.74 Å². The Hall–Kier alpha value is -2.80. The first-order valence-electron chi connectivity index (χ1n) is 9.71. The third kappa shape index (κ3) is 5.13.